The zero-order valence-electron chi connectivity index (χ0n) is 20.4. The first-order valence-electron chi connectivity index (χ1n) is 11.3. The maximum absolute atomic E-state index is 10.1. The fourth-order valence-corrected chi connectivity index (χ4v) is 8.05. The van der Waals surface area contributed by atoms with E-state index >= 15 is 0 Å². The lowest BCUT2D eigenvalue weighted by molar-refractivity contribution is -0.367. The van der Waals surface area contributed by atoms with Gasteiger partial charge in [-0.25, -0.2) is 0 Å². The first-order chi connectivity index (χ1) is 14.8. The van der Waals surface area contributed by atoms with E-state index in [0.717, 1.165) is 19.0 Å². The van der Waals surface area contributed by atoms with Gasteiger partial charge in [-0.1, -0.05) is 0 Å². The van der Waals surface area contributed by atoms with Crippen LogP contribution in [0.25, 0.3) is 0 Å². The van der Waals surface area contributed by atoms with Crippen LogP contribution in [-0.4, -0.2) is 76.6 Å². The van der Waals surface area contributed by atoms with Crippen molar-refractivity contribution in [3.63, 3.8) is 0 Å². The van der Waals surface area contributed by atoms with E-state index in [4.69, 9.17) is 26.6 Å². The first kappa shape index (κ1) is 32.6. The Morgan fingerprint density at radius 1 is 0.677 bits per heavy atom. The molecule has 0 aliphatic heterocycles. The molecule has 3 N–H and O–H groups in total. The van der Waals surface area contributed by atoms with Crippen molar-refractivity contribution in [2.45, 2.75) is 66.5 Å². The summed E-state index contributed by atoms with van der Waals surface area (Å²) >= 11 is 0. The summed E-state index contributed by atoms with van der Waals surface area (Å²) in [6.07, 6.45) is -0.00613. The Hall–Kier alpha value is -0.576. The number of quaternary nitrogens is 1. The Morgan fingerprint density at radius 3 is 1.26 bits per heavy atom. The third-order valence-corrected chi connectivity index (χ3v) is 10.1. The largest absolute Gasteiger partial charge is 0.550 e. The van der Waals surface area contributed by atoms with Crippen molar-refractivity contribution in [2.75, 3.05) is 52.8 Å². The van der Waals surface area contributed by atoms with Crippen molar-refractivity contribution in [1.82, 2.24) is 0 Å². The van der Waals surface area contributed by atoms with E-state index in [9.17, 15) is 9.90 Å². The molecule has 0 fully saturated rings. The SMILES string of the molecule is CCO[Si](CCCOC(=O)[O-])(OCC)OCC.CCO[Si](CCC[NH3+])(OCC)OCC. The number of ether oxygens (including phenoxy) is 1. The molecular formula is C19H45NO9Si2. The molecular weight excluding hydrogens is 442 g/mol. The minimum atomic E-state index is -2.66. The van der Waals surface area contributed by atoms with Crippen LogP contribution < -0.4 is 10.8 Å². The smallest absolute Gasteiger partial charge is 0.501 e. The maximum Gasteiger partial charge on any atom is 0.501 e. The Bertz CT molecular complexity index is 386. The van der Waals surface area contributed by atoms with Gasteiger partial charge in [0.1, 0.15) is 0 Å². The van der Waals surface area contributed by atoms with Gasteiger partial charge in [0, 0.05) is 64.8 Å². The molecule has 0 spiro atoms. The van der Waals surface area contributed by atoms with Crippen molar-refractivity contribution < 1.29 is 46.9 Å². The van der Waals surface area contributed by atoms with Gasteiger partial charge in [0.05, 0.1) is 6.54 Å². The van der Waals surface area contributed by atoms with Crippen molar-refractivity contribution in [3.05, 3.63) is 0 Å². The van der Waals surface area contributed by atoms with Crippen LogP contribution in [0.15, 0.2) is 0 Å². The van der Waals surface area contributed by atoms with Gasteiger partial charge in [-0.15, -0.1) is 0 Å². The van der Waals surface area contributed by atoms with Crippen molar-refractivity contribution in [3.8, 4) is 0 Å². The van der Waals surface area contributed by atoms with Gasteiger partial charge in [0.15, 0.2) is 0 Å². The first-order valence-corrected chi connectivity index (χ1v) is 15.2. The van der Waals surface area contributed by atoms with Crippen LogP contribution in [0.1, 0.15) is 54.4 Å². The number of hydrogen-bond acceptors (Lipinski definition) is 9. The predicted molar refractivity (Wildman–Crippen MR) is 119 cm³/mol. The molecule has 12 heteroatoms. The van der Waals surface area contributed by atoms with Crippen molar-refractivity contribution >= 4 is 23.8 Å². The molecule has 0 aromatic carbocycles. The number of carbonyl (C=O) groups excluding carboxylic acids is 1. The van der Waals surface area contributed by atoms with Gasteiger partial charge in [-0.2, -0.15) is 0 Å². The molecule has 0 atom stereocenters. The lowest BCUT2D eigenvalue weighted by Gasteiger charge is -2.28. The minimum absolute atomic E-state index is 0.0737. The predicted octanol–water partition coefficient (Wildman–Crippen LogP) is 1.45. The van der Waals surface area contributed by atoms with Gasteiger partial charge in [0.25, 0.3) is 6.16 Å². The summed E-state index contributed by atoms with van der Waals surface area (Å²) in [6.45, 7) is 16.0. The monoisotopic (exact) mass is 487 g/mol. The molecule has 0 amide bonds. The zero-order chi connectivity index (χ0) is 24.0. The molecule has 31 heavy (non-hydrogen) atoms. The van der Waals surface area contributed by atoms with Gasteiger partial charge < -0.3 is 46.9 Å². The summed E-state index contributed by atoms with van der Waals surface area (Å²) in [7, 11) is -5.02. The highest BCUT2D eigenvalue weighted by molar-refractivity contribution is 6.61. The van der Waals surface area contributed by atoms with Crippen molar-refractivity contribution in [1.29, 1.82) is 0 Å². The number of rotatable bonds is 19. The Balaban J connectivity index is 0. The maximum atomic E-state index is 10.1. The summed E-state index contributed by atoms with van der Waals surface area (Å²) in [5.74, 6) is 0. The highest BCUT2D eigenvalue weighted by Crippen LogP contribution is 2.18. The number of carbonyl (C=O) groups is 1. The average Bonchev–Trinajstić information content (AvgIpc) is 2.71. The van der Waals surface area contributed by atoms with Gasteiger partial charge in [-0.3, -0.25) is 0 Å². The molecule has 188 valence electrons. The van der Waals surface area contributed by atoms with Gasteiger partial charge in [-0.05, 0) is 48.0 Å². The lowest BCUT2D eigenvalue weighted by atomic mass is 10.5. The molecule has 0 saturated heterocycles. The van der Waals surface area contributed by atoms with Gasteiger partial charge in [0.2, 0.25) is 0 Å². The number of hydrogen-bond donors (Lipinski definition) is 1. The summed E-state index contributed by atoms with van der Waals surface area (Å²) in [5, 5.41) is 10.1. The van der Waals surface area contributed by atoms with Crippen LogP contribution in [0.5, 0.6) is 0 Å². The molecule has 0 aromatic heterocycles. The molecule has 0 bridgehead atoms. The highest BCUT2D eigenvalue weighted by Gasteiger charge is 2.40. The van der Waals surface area contributed by atoms with E-state index in [1.807, 2.05) is 41.5 Å². The third-order valence-electron chi connectivity index (χ3n) is 3.77. The molecule has 0 aliphatic rings. The second-order valence-electron chi connectivity index (χ2n) is 6.12. The topological polar surface area (TPSA) is 132 Å². The normalized spacial score (nSPS) is 11.7. The molecule has 0 saturated carbocycles. The third kappa shape index (κ3) is 16.7. The molecule has 0 aliphatic carbocycles. The van der Waals surface area contributed by atoms with Crippen LogP contribution >= 0.6 is 0 Å². The fourth-order valence-electron chi connectivity index (χ4n) is 2.79. The summed E-state index contributed by atoms with van der Waals surface area (Å²) in [6, 6.07) is 1.42. The average molecular weight is 488 g/mol. The van der Waals surface area contributed by atoms with E-state index in [1.54, 1.807) is 0 Å². The molecule has 0 radical (unpaired) electrons. The van der Waals surface area contributed by atoms with Gasteiger partial charge >= 0.3 is 17.6 Å². The van der Waals surface area contributed by atoms with E-state index in [-0.39, 0.29) is 6.61 Å². The summed E-state index contributed by atoms with van der Waals surface area (Å²) < 4.78 is 38.2. The van der Waals surface area contributed by atoms with Crippen LogP contribution in [0.2, 0.25) is 12.1 Å². The quantitative estimate of drug-likeness (QED) is 0.163. The highest BCUT2D eigenvalue weighted by atomic mass is 28.4. The van der Waals surface area contributed by atoms with Crippen LogP contribution in [0.4, 0.5) is 4.79 Å². The molecule has 0 rings (SSSR count). The van der Waals surface area contributed by atoms with Crippen LogP contribution in [0.3, 0.4) is 0 Å². The lowest BCUT2D eigenvalue weighted by Crippen LogP contribution is -2.52. The second-order valence-corrected chi connectivity index (χ2v) is 11.6. The van der Waals surface area contributed by atoms with Crippen molar-refractivity contribution in [2.24, 2.45) is 0 Å². The molecule has 0 unspecified atom stereocenters. The van der Waals surface area contributed by atoms with Crippen LogP contribution in [-0.2, 0) is 31.3 Å². The summed E-state index contributed by atoms with van der Waals surface area (Å²) in [4.78, 5) is 10.1. The fraction of sp³-hybridized carbons (Fsp3) is 0.947. The Morgan fingerprint density at radius 2 is 1.00 bits per heavy atom. The molecule has 0 aromatic rings. The molecule has 0 heterocycles. The summed E-state index contributed by atoms with van der Waals surface area (Å²) in [5.41, 5.74) is 3.82. The van der Waals surface area contributed by atoms with E-state index < -0.39 is 23.8 Å². The van der Waals surface area contributed by atoms with E-state index in [0.29, 0.717) is 52.1 Å². The number of carboxylic acid groups (broad SMARTS) is 1. The second kappa shape index (κ2) is 21.3. The minimum Gasteiger partial charge on any atom is -0.550 e. The Kier molecular flexibility index (Phi) is 22.4. The standard InChI is InChI=1S/C10H22O6Si.C9H23NO3Si/c1-4-14-17(15-5-2,16-6-3)9-7-8-13-10(11)12;1-4-11-14(12-5-2,13-6-3)9-7-8-10/h4-9H2,1-3H3,(H,11,12);4-10H2,1-3H3. The Labute approximate surface area is 190 Å². The van der Waals surface area contributed by atoms with E-state index in [1.165, 1.54) is 0 Å². The van der Waals surface area contributed by atoms with Crippen LogP contribution in [0, 0.1) is 0 Å². The van der Waals surface area contributed by atoms with E-state index in [2.05, 4.69) is 10.5 Å². The zero-order valence-corrected chi connectivity index (χ0v) is 22.4. The molecule has 10 nitrogen and oxygen atoms in total.